The molecule has 0 saturated heterocycles. The number of hydrogen-bond acceptors (Lipinski definition) is 8. The largest absolute Gasteiger partial charge is 0.481 e. The van der Waals surface area contributed by atoms with E-state index in [4.69, 9.17) is 15.6 Å². The van der Waals surface area contributed by atoms with Crippen molar-refractivity contribution in [2.45, 2.75) is 24.9 Å². The molecule has 0 aliphatic heterocycles. The Balaban J connectivity index is 2.12. The van der Waals surface area contributed by atoms with Gasteiger partial charge in [-0.2, -0.15) is 12.6 Å². The third-order valence-electron chi connectivity index (χ3n) is 4.34. The molecule has 172 valence electrons. The summed E-state index contributed by atoms with van der Waals surface area (Å²) in [5.74, 6) is -2.59. The fourth-order valence-electron chi connectivity index (χ4n) is 2.66. The molecule has 0 spiro atoms. The van der Waals surface area contributed by atoms with Crippen molar-refractivity contribution >= 4 is 36.2 Å². The molecule has 0 radical (unpaired) electrons. The molecule has 1 aromatic heterocycles. The number of carboxylic acid groups (broad SMARTS) is 2. The van der Waals surface area contributed by atoms with Gasteiger partial charge in [-0.3, -0.25) is 9.59 Å². The summed E-state index contributed by atoms with van der Waals surface area (Å²) in [5, 5.41) is 23.3. The Labute approximate surface area is 190 Å². The molecule has 2 aromatic rings. The molecule has 0 aliphatic carbocycles. The van der Waals surface area contributed by atoms with Gasteiger partial charge in [-0.1, -0.05) is 30.3 Å². The van der Waals surface area contributed by atoms with Crippen LogP contribution in [0.15, 0.2) is 42.5 Å². The van der Waals surface area contributed by atoms with Gasteiger partial charge in [0.05, 0.1) is 11.4 Å². The highest BCUT2D eigenvalue weighted by molar-refractivity contribution is 7.80. The van der Waals surface area contributed by atoms with E-state index in [1.165, 1.54) is 0 Å². The number of rotatable bonds is 13. The van der Waals surface area contributed by atoms with E-state index in [2.05, 4.69) is 28.2 Å². The second-order valence-corrected chi connectivity index (χ2v) is 7.28. The first kappa shape index (κ1) is 25.0. The number of nitrogens with one attached hydrogen (secondary N) is 2. The van der Waals surface area contributed by atoms with Crippen LogP contribution in [0, 0.1) is 0 Å². The summed E-state index contributed by atoms with van der Waals surface area (Å²) < 4.78 is 5.58. The summed E-state index contributed by atoms with van der Waals surface area (Å²) in [5.41, 5.74) is 7.86. The monoisotopic (exact) mass is 462 g/mol. The summed E-state index contributed by atoms with van der Waals surface area (Å²) >= 11 is 4.15. The number of ether oxygens (including phenoxy) is 1. The van der Waals surface area contributed by atoms with Crippen LogP contribution < -0.4 is 21.1 Å². The molecule has 1 heterocycles. The lowest BCUT2D eigenvalue weighted by atomic mass is 10.1. The van der Waals surface area contributed by atoms with Gasteiger partial charge in [-0.15, -0.1) is 0 Å². The quantitative estimate of drug-likeness (QED) is 0.240. The molecular formula is C21H26N4O6S. The number of carbonyl (C=O) groups is 3. The zero-order valence-corrected chi connectivity index (χ0v) is 18.1. The Bertz CT molecular complexity index is 928. The molecule has 0 bridgehead atoms. The average Bonchev–Trinajstić information content (AvgIpc) is 2.79. The van der Waals surface area contributed by atoms with Crippen LogP contribution in [0.25, 0.3) is 11.3 Å². The molecule has 2 atom stereocenters. The molecule has 1 aromatic carbocycles. The van der Waals surface area contributed by atoms with Crippen LogP contribution in [0.5, 0.6) is 5.88 Å². The van der Waals surface area contributed by atoms with Gasteiger partial charge in [0.1, 0.15) is 6.04 Å². The van der Waals surface area contributed by atoms with Gasteiger partial charge >= 0.3 is 11.9 Å². The maximum atomic E-state index is 12.2. The Hall–Kier alpha value is -3.31. The van der Waals surface area contributed by atoms with E-state index >= 15 is 0 Å². The Morgan fingerprint density at radius 3 is 2.47 bits per heavy atom. The number of benzene rings is 1. The van der Waals surface area contributed by atoms with Gasteiger partial charge in [0.2, 0.25) is 5.88 Å². The van der Waals surface area contributed by atoms with Gasteiger partial charge < -0.3 is 31.3 Å². The number of aromatic nitrogens is 1. The summed E-state index contributed by atoms with van der Waals surface area (Å²) in [6.45, 7) is -0.107. The first-order chi connectivity index (χ1) is 15.3. The van der Waals surface area contributed by atoms with Crippen LogP contribution in [0.4, 0.5) is 5.69 Å². The molecule has 2 rings (SSSR count). The van der Waals surface area contributed by atoms with E-state index in [0.717, 1.165) is 5.56 Å². The summed E-state index contributed by atoms with van der Waals surface area (Å²) in [6.07, 6.45) is -0.634. The maximum absolute atomic E-state index is 12.2. The van der Waals surface area contributed by atoms with Crippen LogP contribution in [-0.4, -0.2) is 64.0 Å². The number of pyridine rings is 1. The van der Waals surface area contributed by atoms with Crippen LogP contribution in [0.2, 0.25) is 0 Å². The summed E-state index contributed by atoms with van der Waals surface area (Å²) in [6, 6.07) is 11.4. The number of nitrogens with zero attached hydrogens (tertiary/aromatic N) is 1. The van der Waals surface area contributed by atoms with Crippen molar-refractivity contribution in [3.63, 3.8) is 0 Å². The van der Waals surface area contributed by atoms with Gasteiger partial charge in [-0.25, -0.2) is 9.78 Å². The smallest absolute Gasteiger partial charge is 0.326 e. The summed E-state index contributed by atoms with van der Waals surface area (Å²) in [4.78, 5) is 38.7. The van der Waals surface area contributed by atoms with E-state index in [1.807, 2.05) is 30.3 Å². The van der Waals surface area contributed by atoms with Gasteiger partial charge in [0, 0.05) is 30.3 Å². The van der Waals surface area contributed by atoms with E-state index in [1.54, 1.807) is 12.1 Å². The highest BCUT2D eigenvalue weighted by atomic mass is 32.1. The SMILES string of the molecule is NC(CS)CNc1ccc(-c2ccccc2)nc1OCC(=O)NC(CCC(=O)O)C(=O)O. The minimum atomic E-state index is -1.34. The Kier molecular flexibility index (Phi) is 9.76. The summed E-state index contributed by atoms with van der Waals surface area (Å²) in [7, 11) is 0. The Morgan fingerprint density at radius 1 is 1.12 bits per heavy atom. The van der Waals surface area contributed by atoms with E-state index in [-0.39, 0.29) is 18.3 Å². The maximum Gasteiger partial charge on any atom is 0.326 e. The first-order valence-corrected chi connectivity index (χ1v) is 10.5. The van der Waals surface area contributed by atoms with E-state index in [0.29, 0.717) is 23.7 Å². The van der Waals surface area contributed by atoms with Crippen LogP contribution >= 0.6 is 12.6 Å². The zero-order chi connectivity index (χ0) is 23.5. The van der Waals surface area contributed by atoms with E-state index < -0.39 is 36.9 Å². The fraction of sp³-hybridized carbons (Fsp3) is 0.333. The van der Waals surface area contributed by atoms with Crippen molar-refractivity contribution in [2.75, 3.05) is 24.2 Å². The molecule has 0 aliphatic rings. The number of aliphatic carboxylic acids is 2. The van der Waals surface area contributed by atoms with Crippen molar-refractivity contribution in [1.82, 2.24) is 10.3 Å². The van der Waals surface area contributed by atoms with Gasteiger partial charge in [0.25, 0.3) is 5.91 Å². The number of amides is 1. The first-order valence-electron chi connectivity index (χ1n) is 9.83. The van der Waals surface area contributed by atoms with E-state index in [9.17, 15) is 19.5 Å². The predicted molar refractivity (Wildman–Crippen MR) is 122 cm³/mol. The lowest BCUT2D eigenvalue weighted by molar-refractivity contribution is -0.143. The molecule has 32 heavy (non-hydrogen) atoms. The minimum Gasteiger partial charge on any atom is -0.481 e. The second kappa shape index (κ2) is 12.5. The standard InChI is InChI=1S/C21H26N4O6S/c22-14(12-32)10-23-16-7-6-15(13-4-2-1-3-5-13)25-20(16)31-11-18(26)24-17(21(29)30)8-9-19(27)28/h1-7,14,17,23,32H,8-12,22H2,(H,24,26)(H,27,28)(H,29,30). The van der Waals surface area contributed by atoms with Crippen LogP contribution in [0.1, 0.15) is 12.8 Å². The predicted octanol–water partition coefficient (Wildman–Crippen LogP) is 1.23. The van der Waals surface area contributed by atoms with Crippen molar-refractivity contribution in [1.29, 1.82) is 0 Å². The number of carbonyl (C=O) groups excluding carboxylic acids is 1. The van der Waals surface area contributed by atoms with Gasteiger partial charge in [0.15, 0.2) is 6.61 Å². The lowest BCUT2D eigenvalue weighted by Crippen LogP contribution is -2.43. The Morgan fingerprint density at radius 2 is 1.84 bits per heavy atom. The number of carboxylic acids is 2. The van der Waals surface area contributed by atoms with Gasteiger partial charge in [-0.05, 0) is 18.6 Å². The van der Waals surface area contributed by atoms with Crippen molar-refractivity contribution in [3.8, 4) is 17.1 Å². The van der Waals surface area contributed by atoms with Crippen molar-refractivity contribution in [3.05, 3.63) is 42.5 Å². The molecule has 6 N–H and O–H groups in total. The molecule has 2 unspecified atom stereocenters. The number of nitrogens with two attached hydrogens (primary N) is 1. The van der Waals surface area contributed by atoms with Crippen molar-refractivity contribution < 1.29 is 29.3 Å². The fourth-order valence-corrected chi connectivity index (χ4v) is 2.78. The third kappa shape index (κ3) is 8.08. The van der Waals surface area contributed by atoms with Crippen molar-refractivity contribution in [2.24, 2.45) is 5.73 Å². The normalized spacial score (nSPS) is 12.4. The number of hydrogen-bond donors (Lipinski definition) is 6. The molecule has 10 nitrogen and oxygen atoms in total. The van der Waals surface area contributed by atoms with Crippen LogP contribution in [-0.2, 0) is 14.4 Å². The molecule has 11 heteroatoms. The zero-order valence-electron chi connectivity index (χ0n) is 17.2. The highest BCUT2D eigenvalue weighted by Gasteiger charge is 2.21. The minimum absolute atomic E-state index is 0.144. The third-order valence-corrected chi connectivity index (χ3v) is 4.81. The second-order valence-electron chi connectivity index (χ2n) is 6.92. The molecule has 0 saturated carbocycles. The number of thiol groups is 1. The molecular weight excluding hydrogens is 436 g/mol. The average molecular weight is 463 g/mol. The highest BCUT2D eigenvalue weighted by Crippen LogP contribution is 2.27. The van der Waals surface area contributed by atoms with Crippen LogP contribution in [0.3, 0.4) is 0 Å². The number of anilines is 1. The molecule has 0 fully saturated rings. The molecule has 1 amide bonds. The topological polar surface area (TPSA) is 164 Å². The lowest BCUT2D eigenvalue weighted by Gasteiger charge is -2.17.